The molecule has 112 valence electrons. The van der Waals surface area contributed by atoms with E-state index in [1.807, 2.05) is 37.3 Å². The van der Waals surface area contributed by atoms with Gasteiger partial charge in [-0.15, -0.1) is 0 Å². The maximum atomic E-state index is 12.2. The van der Waals surface area contributed by atoms with Crippen molar-refractivity contribution in [2.24, 2.45) is 0 Å². The lowest BCUT2D eigenvalue weighted by molar-refractivity contribution is 0.225. The third kappa shape index (κ3) is 4.56. The number of nitrogens with one attached hydrogen (secondary N) is 1. The SMILES string of the molecule is CC(CNS(=O)(=O)c1ccccc1Br)Oc1ccccc1. The largest absolute Gasteiger partial charge is 0.489 e. The lowest BCUT2D eigenvalue weighted by atomic mass is 10.3. The highest BCUT2D eigenvalue weighted by molar-refractivity contribution is 9.10. The van der Waals surface area contributed by atoms with Gasteiger partial charge in [-0.05, 0) is 47.1 Å². The summed E-state index contributed by atoms with van der Waals surface area (Å²) in [6, 6.07) is 16.0. The molecule has 0 radical (unpaired) electrons. The first-order chi connectivity index (χ1) is 9.99. The molecule has 4 nitrogen and oxygen atoms in total. The molecule has 2 aromatic rings. The van der Waals surface area contributed by atoms with Gasteiger partial charge in [0.15, 0.2) is 0 Å². The molecule has 2 rings (SSSR count). The molecular formula is C15H16BrNO3S. The van der Waals surface area contributed by atoms with Crippen LogP contribution in [0.5, 0.6) is 5.75 Å². The van der Waals surface area contributed by atoms with Gasteiger partial charge < -0.3 is 4.74 Å². The monoisotopic (exact) mass is 369 g/mol. The number of sulfonamides is 1. The van der Waals surface area contributed by atoms with Crippen molar-refractivity contribution in [3.63, 3.8) is 0 Å². The number of rotatable bonds is 6. The van der Waals surface area contributed by atoms with Crippen LogP contribution in [0.25, 0.3) is 0 Å². The van der Waals surface area contributed by atoms with Crippen LogP contribution in [-0.2, 0) is 10.0 Å². The zero-order valence-corrected chi connectivity index (χ0v) is 13.9. The molecule has 0 saturated heterocycles. The topological polar surface area (TPSA) is 55.4 Å². The summed E-state index contributed by atoms with van der Waals surface area (Å²) in [5.41, 5.74) is 0. The standard InChI is InChI=1S/C15H16BrNO3S/c1-12(20-13-7-3-2-4-8-13)11-17-21(18,19)15-10-6-5-9-14(15)16/h2-10,12,17H,11H2,1H3. The van der Waals surface area contributed by atoms with Gasteiger partial charge in [0.25, 0.3) is 0 Å². The summed E-state index contributed by atoms with van der Waals surface area (Å²) in [7, 11) is -3.56. The molecule has 0 aliphatic carbocycles. The smallest absolute Gasteiger partial charge is 0.241 e. The van der Waals surface area contributed by atoms with E-state index < -0.39 is 10.0 Å². The molecular weight excluding hydrogens is 354 g/mol. The molecule has 1 atom stereocenters. The van der Waals surface area contributed by atoms with Crippen LogP contribution in [0.1, 0.15) is 6.92 Å². The summed E-state index contributed by atoms with van der Waals surface area (Å²) >= 11 is 3.24. The van der Waals surface area contributed by atoms with Gasteiger partial charge in [-0.2, -0.15) is 0 Å². The number of halogens is 1. The Labute approximate surface area is 133 Å². The van der Waals surface area contributed by atoms with Crippen LogP contribution in [0.15, 0.2) is 64.0 Å². The number of hydrogen-bond acceptors (Lipinski definition) is 3. The van der Waals surface area contributed by atoms with Gasteiger partial charge in [-0.25, -0.2) is 13.1 Å². The van der Waals surface area contributed by atoms with E-state index in [2.05, 4.69) is 20.7 Å². The van der Waals surface area contributed by atoms with Crippen LogP contribution >= 0.6 is 15.9 Å². The molecule has 21 heavy (non-hydrogen) atoms. The number of ether oxygens (including phenoxy) is 1. The van der Waals surface area contributed by atoms with Gasteiger partial charge in [0.1, 0.15) is 11.9 Å². The lowest BCUT2D eigenvalue weighted by Gasteiger charge is -2.16. The molecule has 0 aliphatic rings. The highest BCUT2D eigenvalue weighted by Crippen LogP contribution is 2.20. The minimum Gasteiger partial charge on any atom is -0.489 e. The van der Waals surface area contributed by atoms with Crippen molar-refractivity contribution in [1.29, 1.82) is 0 Å². The molecule has 0 bridgehead atoms. The molecule has 0 aliphatic heterocycles. The Hall–Kier alpha value is -1.37. The first-order valence-electron chi connectivity index (χ1n) is 6.45. The highest BCUT2D eigenvalue weighted by Gasteiger charge is 2.18. The fourth-order valence-electron chi connectivity index (χ4n) is 1.74. The Morgan fingerprint density at radius 2 is 1.71 bits per heavy atom. The van der Waals surface area contributed by atoms with E-state index in [0.29, 0.717) is 10.2 Å². The van der Waals surface area contributed by atoms with Crippen LogP contribution < -0.4 is 9.46 Å². The second-order valence-corrected chi connectivity index (χ2v) is 7.11. The van der Waals surface area contributed by atoms with Crippen LogP contribution in [0, 0.1) is 0 Å². The third-order valence-electron chi connectivity index (χ3n) is 2.77. The Balaban J connectivity index is 1.97. The van der Waals surface area contributed by atoms with Crippen molar-refractivity contribution in [1.82, 2.24) is 4.72 Å². The summed E-state index contributed by atoms with van der Waals surface area (Å²) in [5.74, 6) is 0.713. The quantitative estimate of drug-likeness (QED) is 0.850. The van der Waals surface area contributed by atoms with Crippen LogP contribution in [-0.4, -0.2) is 21.1 Å². The molecule has 1 unspecified atom stereocenters. The van der Waals surface area contributed by atoms with E-state index in [0.717, 1.165) is 0 Å². The summed E-state index contributed by atoms with van der Waals surface area (Å²) in [4.78, 5) is 0.219. The zero-order chi connectivity index (χ0) is 15.3. The molecule has 0 saturated carbocycles. The van der Waals surface area contributed by atoms with Crippen LogP contribution in [0.4, 0.5) is 0 Å². The molecule has 0 heterocycles. The van der Waals surface area contributed by atoms with E-state index in [1.54, 1.807) is 24.3 Å². The first-order valence-corrected chi connectivity index (χ1v) is 8.72. The predicted molar refractivity (Wildman–Crippen MR) is 85.9 cm³/mol. The van der Waals surface area contributed by atoms with Gasteiger partial charge in [-0.1, -0.05) is 30.3 Å². The van der Waals surface area contributed by atoms with E-state index in [1.165, 1.54) is 0 Å². The lowest BCUT2D eigenvalue weighted by Crippen LogP contribution is -2.33. The highest BCUT2D eigenvalue weighted by atomic mass is 79.9. The fraction of sp³-hybridized carbons (Fsp3) is 0.200. The predicted octanol–water partition coefficient (Wildman–Crippen LogP) is 3.19. The molecule has 0 fully saturated rings. The first kappa shape index (κ1) is 16.0. The Morgan fingerprint density at radius 1 is 1.10 bits per heavy atom. The molecule has 0 spiro atoms. The fourth-order valence-corrected chi connectivity index (χ4v) is 3.86. The van der Waals surface area contributed by atoms with E-state index >= 15 is 0 Å². The Bertz CT molecular complexity index is 689. The molecule has 0 amide bonds. The van der Waals surface area contributed by atoms with Crippen molar-refractivity contribution in [3.8, 4) is 5.75 Å². The maximum Gasteiger partial charge on any atom is 0.241 e. The summed E-state index contributed by atoms with van der Waals surface area (Å²) in [6.45, 7) is 2.01. The summed E-state index contributed by atoms with van der Waals surface area (Å²) in [5, 5.41) is 0. The summed E-state index contributed by atoms with van der Waals surface area (Å²) in [6.07, 6.45) is -0.273. The second-order valence-electron chi connectivity index (χ2n) is 4.52. The van der Waals surface area contributed by atoms with E-state index in [9.17, 15) is 8.42 Å². The molecule has 0 aromatic heterocycles. The number of hydrogen-bond donors (Lipinski definition) is 1. The van der Waals surface area contributed by atoms with E-state index in [4.69, 9.17) is 4.74 Å². The van der Waals surface area contributed by atoms with Gasteiger partial charge in [0.2, 0.25) is 10.0 Å². The Kier molecular flexibility index (Phi) is 5.39. The van der Waals surface area contributed by atoms with Crippen molar-refractivity contribution >= 4 is 26.0 Å². The van der Waals surface area contributed by atoms with Crippen molar-refractivity contribution < 1.29 is 13.2 Å². The van der Waals surface area contributed by atoms with Gasteiger partial charge >= 0.3 is 0 Å². The zero-order valence-electron chi connectivity index (χ0n) is 11.5. The van der Waals surface area contributed by atoms with Gasteiger partial charge in [0, 0.05) is 11.0 Å². The van der Waals surface area contributed by atoms with Crippen LogP contribution in [0.2, 0.25) is 0 Å². The van der Waals surface area contributed by atoms with Crippen molar-refractivity contribution in [3.05, 3.63) is 59.1 Å². The minimum absolute atomic E-state index is 0.193. The molecule has 1 N–H and O–H groups in total. The average molecular weight is 370 g/mol. The Morgan fingerprint density at radius 3 is 2.38 bits per heavy atom. The second kappa shape index (κ2) is 7.06. The van der Waals surface area contributed by atoms with Crippen LogP contribution in [0.3, 0.4) is 0 Å². The van der Waals surface area contributed by atoms with E-state index in [-0.39, 0.29) is 17.5 Å². The normalized spacial score (nSPS) is 12.9. The minimum atomic E-state index is -3.56. The number of para-hydroxylation sites is 1. The summed E-state index contributed by atoms with van der Waals surface area (Å²) < 4.78 is 33.2. The number of benzene rings is 2. The van der Waals surface area contributed by atoms with Crippen molar-refractivity contribution in [2.75, 3.05) is 6.54 Å². The third-order valence-corrected chi connectivity index (χ3v) is 5.20. The average Bonchev–Trinajstić information content (AvgIpc) is 2.47. The van der Waals surface area contributed by atoms with Gasteiger partial charge in [0.05, 0.1) is 4.90 Å². The molecule has 2 aromatic carbocycles. The van der Waals surface area contributed by atoms with Crippen molar-refractivity contribution in [2.45, 2.75) is 17.9 Å². The maximum absolute atomic E-state index is 12.2. The van der Waals surface area contributed by atoms with Gasteiger partial charge in [-0.3, -0.25) is 0 Å². The molecule has 6 heteroatoms.